The molecule has 0 fully saturated rings. The molecule has 0 saturated heterocycles. The molecule has 0 bridgehead atoms. The fourth-order valence-corrected chi connectivity index (χ4v) is 2.78. The summed E-state index contributed by atoms with van der Waals surface area (Å²) in [6.45, 7) is 4.05. The summed E-state index contributed by atoms with van der Waals surface area (Å²) in [5, 5.41) is 4.22. The highest BCUT2D eigenvalue weighted by Gasteiger charge is 2.10. The van der Waals surface area contributed by atoms with Gasteiger partial charge < -0.3 is 4.74 Å². The number of alkyl halides is 1. The molecule has 1 aromatic heterocycles. The van der Waals surface area contributed by atoms with Gasteiger partial charge in [0.25, 0.3) is 0 Å². The second kappa shape index (κ2) is 6.26. The number of halogens is 1. The Morgan fingerprint density at radius 2 is 2.11 bits per heavy atom. The molecule has 18 heavy (non-hydrogen) atoms. The largest absolute Gasteiger partial charge is 0.491 e. The maximum Gasteiger partial charge on any atom is 0.120 e. The number of ether oxygens (including phenoxy) is 1. The predicted octanol–water partition coefficient (Wildman–Crippen LogP) is 5.06. The Morgan fingerprint density at radius 3 is 2.78 bits per heavy atom. The molecule has 1 unspecified atom stereocenters. The van der Waals surface area contributed by atoms with E-state index < -0.39 is 0 Å². The van der Waals surface area contributed by atoms with Gasteiger partial charge in [0.1, 0.15) is 5.75 Å². The van der Waals surface area contributed by atoms with Gasteiger partial charge in [-0.15, -0.1) is 11.6 Å². The summed E-state index contributed by atoms with van der Waals surface area (Å²) in [6.07, 6.45) is 1.04. The Kier molecular flexibility index (Phi) is 4.67. The zero-order valence-electron chi connectivity index (χ0n) is 10.6. The van der Waals surface area contributed by atoms with Crippen LogP contribution in [0.25, 0.3) is 0 Å². The van der Waals surface area contributed by atoms with E-state index >= 15 is 0 Å². The molecule has 1 nitrogen and oxygen atoms in total. The zero-order chi connectivity index (χ0) is 13.0. The Labute approximate surface area is 117 Å². The van der Waals surface area contributed by atoms with Crippen molar-refractivity contribution in [3.8, 4) is 5.75 Å². The van der Waals surface area contributed by atoms with Gasteiger partial charge in [0, 0.05) is 0 Å². The van der Waals surface area contributed by atoms with Gasteiger partial charge >= 0.3 is 0 Å². The second-order valence-electron chi connectivity index (χ2n) is 4.54. The van der Waals surface area contributed by atoms with Crippen LogP contribution in [0.15, 0.2) is 41.1 Å². The molecule has 1 aromatic carbocycles. The molecule has 3 heteroatoms. The first-order valence-corrected chi connectivity index (χ1v) is 7.45. The number of rotatable bonds is 5. The van der Waals surface area contributed by atoms with Crippen LogP contribution in [-0.2, 0) is 6.42 Å². The summed E-state index contributed by atoms with van der Waals surface area (Å²) in [4.78, 5) is 0. The van der Waals surface area contributed by atoms with Gasteiger partial charge in [-0.1, -0.05) is 12.1 Å². The van der Waals surface area contributed by atoms with Gasteiger partial charge in [-0.25, -0.2) is 0 Å². The predicted molar refractivity (Wildman–Crippen MR) is 78.8 cm³/mol. The molecule has 0 spiro atoms. The molecule has 0 N–H and O–H groups in total. The van der Waals surface area contributed by atoms with E-state index in [0.717, 1.165) is 17.7 Å². The minimum absolute atomic E-state index is 0.00434. The van der Waals surface area contributed by atoms with Crippen molar-refractivity contribution in [1.82, 2.24) is 0 Å². The third-order valence-electron chi connectivity index (χ3n) is 2.59. The fraction of sp³-hybridized carbons (Fsp3) is 0.333. The van der Waals surface area contributed by atoms with Gasteiger partial charge in [0.05, 0.1) is 11.5 Å². The molecule has 0 aliphatic carbocycles. The van der Waals surface area contributed by atoms with Crippen molar-refractivity contribution in [2.75, 3.05) is 0 Å². The van der Waals surface area contributed by atoms with Crippen LogP contribution < -0.4 is 4.74 Å². The SMILES string of the molecule is CC(C)Oc1cccc(C(Cl)Cc2ccsc2)c1. The van der Waals surface area contributed by atoms with Gasteiger partial charge in [0.15, 0.2) is 0 Å². The molecule has 96 valence electrons. The maximum absolute atomic E-state index is 6.46. The monoisotopic (exact) mass is 280 g/mol. The normalized spacial score (nSPS) is 12.7. The average molecular weight is 281 g/mol. The molecule has 0 aliphatic heterocycles. The lowest BCUT2D eigenvalue weighted by Crippen LogP contribution is -2.06. The smallest absolute Gasteiger partial charge is 0.120 e. The van der Waals surface area contributed by atoms with E-state index in [-0.39, 0.29) is 11.5 Å². The van der Waals surface area contributed by atoms with Crippen molar-refractivity contribution in [2.24, 2.45) is 0 Å². The highest BCUT2D eigenvalue weighted by molar-refractivity contribution is 7.07. The van der Waals surface area contributed by atoms with Crippen molar-refractivity contribution in [3.63, 3.8) is 0 Å². The molecule has 0 amide bonds. The fourth-order valence-electron chi connectivity index (χ4n) is 1.79. The first-order chi connectivity index (χ1) is 8.65. The van der Waals surface area contributed by atoms with Crippen molar-refractivity contribution in [1.29, 1.82) is 0 Å². The minimum Gasteiger partial charge on any atom is -0.491 e. The third kappa shape index (κ3) is 3.76. The van der Waals surface area contributed by atoms with Crippen molar-refractivity contribution in [3.05, 3.63) is 52.2 Å². The summed E-state index contributed by atoms with van der Waals surface area (Å²) in [5.74, 6) is 0.887. The summed E-state index contributed by atoms with van der Waals surface area (Å²) >= 11 is 8.16. The van der Waals surface area contributed by atoms with Crippen LogP contribution in [0, 0.1) is 0 Å². The highest BCUT2D eigenvalue weighted by atomic mass is 35.5. The van der Waals surface area contributed by atoms with E-state index in [1.165, 1.54) is 5.56 Å². The summed E-state index contributed by atoms with van der Waals surface area (Å²) in [7, 11) is 0. The summed E-state index contributed by atoms with van der Waals surface area (Å²) < 4.78 is 5.68. The summed E-state index contributed by atoms with van der Waals surface area (Å²) in [5.41, 5.74) is 2.40. The van der Waals surface area contributed by atoms with E-state index in [1.54, 1.807) is 11.3 Å². The maximum atomic E-state index is 6.46. The second-order valence-corrected chi connectivity index (χ2v) is 5.85. The van der Waals surface area contributed by atoms with Crippen LogP contribution in [0.2, 0.25) is 0 Å². The van der Waals surface area contributed by atoms with Crippen LogP contribution in [0.5, 0.6) is 5.75 Å². The van der Waals surface area contributed by atoms with Crippen LogP contribution in [0.1, 0.15) is 30.4 Å². The Hall–Kier alpha value is -0.990. The van der Waals surface area contributed by atoms with E-state index in [9.17, 15) is 0 Å². The lowest BCUT2D eigenvalue weighted by Gasteiger charge is -2.13. The number of benzene rings is 1. The molecule has 2 aromatic rings. The van der Waals surface area contributed by atoms with Crippen LogP contribution in [-0.4, -0.2) is 6.10 Å². The Bertz CT molecular complexity index is 479. The zero-order valence-corrected chi connectivity index (χ0v) is 12.2. The Morgan fingerprint density at radius 1 is 1.28 bits per heavy atom. The first kappa shape index (κ1) is 13.4. The van der Waals surface area contributed by atoms with Gasteiger partial charge in [-0.2, -0.15) is 11.3 Å². The Balaban J connectivity index is 2.07. The van der Waals surface area contributed by atoms with Crippen LogP contribution >= 0.6 is 22.9 Å². The number of hydrogen-bond donors (Lipinski definition) is 0. The highest BCUT2D eigenvalue weighted by Crippen LogP contribution is 2.28. The van der Waals surface area contributed by atoms with E-state index in [4.69, 9.17) is 16.3 Å². The molecule has 0 saturated carbocycles. The van der Waals surface area contributed by atoms with Crippen LogP contribution in [0.3, 0.4) is 0 Å². The standard InChI is InChI=1S/C15H17ClOS/c1-11(2)17-14-5-3-4-13(9-14)15(16)8-12-6-7-18-10-12/h3-7,9-11,15H,8H2,1-2H3. The molecule has 1 heterocycles. The van der Waals surface area contributed by atoms with Crippen molar-refractivity contribution in [2.45, 2.75) is 31.7 Å². The van der Waals surface area contributed by atoms with Gasteiger partial charge in [-0.05, 0) is 60.4 Å². The van der Waals surface area contributed by atoms with Crippen molar-refractivity contribution < 1.29 is 4.74 Å². The quantitative estimate of drug-likeness (QED) is 0.696. The topological polar surface area (TPSA) is 9.23 Å². The molecule has 0 aliphatic rings. The minimum atomic E-state index is -0.00434. The number of hydrogen-bond acceptors (Lipinski definition) is 2. The van der Waals surface area contributed by atoms with Crippen molar-refractivity contribution >= 4 is 22.9 Å². The third-order valence-corrected chi connectivity index (χ3v) is 3.72. The van der Waals surface area contributed by atoms with Gasteiger partial charge in [0.2, 0.25) is 0 Å². The summed E-state index contributed by atoms with van der Waals surface area (Å²) in [6, 6.07) is 10.2. The number of thiophene rings is 1. The molecular formula is C15H17ClOS. The molecule has 2 rings (SSSR count). The van der Waals surface area contributed by atoms with Gasteiger partial charge in [-0.3, -0.25) is 0 Å². The van der Waals surface area contributed by atoms with E-state index in [1.807, 2.05) is 32.0 Å². The first-order valence-electron chi connectivity index (χ1n) is 6.07. The molecule has 1 atom stereocenters. The van der Waals surface area contributed by atoms with E-state index in [2.05, 4.69) is 22.9 Å². The molecular weight excluding hydrogens is 264 g/mol. The molecule has 0 radical (unpaired) electrons. The van der Waals surface area contributed by atoms with Crippen LogP contribution in [0.4, 0.5) is 0 Å². The lowest BCUT2D eigenvalue weighted by molar-refractivity contribution is 0.242. The lowest BCUT2D eigenvalue weighted by atomic mass is 10.1. The van der Waals surface area contributed by atoms with E-state index in [0.29, 0.717) is 0 Å². The average Bonchev–Trinajstić information content (AvgIpc) is 2.81.